The minimum atomic E-state index is -0.440. The number of nitro groups is 1. The van der Waals surface area contributed by atoms with Crippen LogP contribution in [-0.4, -0.2) is 20.7 Å². The molecule has 0 fully saturated rings. The molecule has 1 aliphatic rings. The van der Waals surface area contributed by atoms with Gasteiger partial charge in [-0.2, -0.15) is 0 Å². The molecule has 6 nitrogen and oxygen atoms in total. The average molecular weight is 283 g/mol. The summed E-state index contributed by atoms with van der Waals surface area (Å²) in [6.07, 6.45) is 3.60. The largest absolute Gasteiger partial charge is 0.294 e. The molecule has 0 unspecified atom stereocenters. The Morgan fingerprint density at radius 1 is 1.24 bits per heavy atom. The van der Waals surface area contributed by atoms with Gasteiger partial charge in [0, 0.05) is 30.3 Å². The fourth-order valence-corrected chi connectivity index (χ4v) is 2.49. The molecule has 1 heterocycles. The van der Waals surface area contributed by atoms with Gasteiger partial charge in [0.2, 0.25) is 0 Å². The van der Waals surface area contributed by atoms with E-state index in [-0.39, 0.29) is 11.5 Å². The summed E-state index contributed by atoms with van der Waals surface area (Å²) >= 11 is 0. The molecule has 6 heteroatoms. The minimum absolute atomic E-state index is 0.00740. The van der Waals surface area contributed by atoms with Crippen LogP contribution in [-0.2, 0) is 6.42 Å². The van der Waals surface area contributed by atoms with Crippen LogP contribution in [0.1, 0.15) is 34.5 Å². The number of hydrogen-bond acceptors (Lipinski definition) is 5. The summed E-state index contributed by atoms with van der Waals surface area (Å²) in [5, 5.41) is 10.9. The Balaban J connectivity index is 2.11. The van der Waals surface area contributed by atoms with Crippen molar-refractivity contribution in [2.24, 2.45) is 0 Å². The van der Waals surface area contributed by atoms with Crippen molar-refractivity contribution in [1.82, 2.24) is 9.97 Å². The summed E-state index contributed by atoms with van der Waals surface area (Å²) in [6, 6.07) is 4.61. The van der Waals surface area contributed by atoms with Crippen molar-refractivity contribution in [3.8, 4) is 11.4 Å². The van der Waals surface area contributed by atoms with E-state index in [1.165, 1.54) is 18.3 Å². The van der Waals surface area contributed by atoms with E-state index in [2.05, 4.69) is 9.97 Å². The maximum Gasteiger partial charge on any atom is 0.270 e. The molecule has 106 valence electrons. The third-order valence-electron chi connectivity index (χ3n) is 3.66. The van der Waals surface area contributed by atoms with Crippen molar-refractivity contribution < 1.29 is 9.72 Å². The van der Waals surface area contributed by atoms with Crippen LogP contribution in [0.5, 0.6) is 0 Å². The number of rotatable bonds is 2. The van der Waals surface area contributed by atoms with Crippen molar-refractivity contribution in [2.45, 2.75) is 26.2 Å². The number of aromatic nitrogens is 2. The number of nitro benzene ring substituents is 1. The van der Waals surface area contributed by atoms with Crippen LogP contribution in [0.4, 0.5) is 5.69 Å². The number of benzene rings is 1. The zero-order valence-electron chi connectivity index (χ0n) is 11.5. The topological polar surface area (TPSA) is 86.0 Å². The number of carbonyl (C=O) groups excluding carboxylic acids is 1. The van der Waals surface area contributed by atoms with Crippen molar-refractivity contribution in [3.05, 3.63) is 51.3 Å². The Labute approximate surface area is 121 Å². The molecule has 0 spiro atoms. The van der Waals surface area contributed by atoms with Gasteiger partial charge in [-0.1, -0.05) is 6.07 Å². The molecule has 0 atom stereocenters. The summed E-state index contributed by atoms with van der Waals surface area (Å²) in [5.74, 6) is 0.503. The first-order chi connectivity index (χ1) is 10.1. The van der Waals surface area contributed by atoms with Gasteiger partial charge in [0.05, 0.1) is 16.2 Å². The van der Waals surface area contributed by atoms with Gasteiger partial charge in [-0.3, -0.25) is 14.9 Å². The number of ketones is 1. The lowest BCUT2D eigenvalue weighted by Gasteiger charge is -2.14. The highest BCUT2D eigenvalue weighted by Gasteiger charge is 2.20. The average Bonchev–Trinajstić information content (AvgIpc) is 2.47. The summed E-state index contributed by atoms with van der Waals surface area (Å²) in [7, 11) is 0. The van der Waals surface area contributed by atoms with Crippen LogP contribution < -0.4 is 0 Å². The van der Waals surface area contributed by atoms with Crippen LogP contribution in [0.3, 0.4) is 0 Å². The van der Waals surface area contributed by atoms with Crippen molar-refractivity contribution in [3.63, 3.8) is 0 Å². The number of fused-ring (bicyclic) bond motifs is 1. The van der Waals surface area contributed by atoms with Gasteiger partial charge in [-0.15, -0.1) is 0 Å². The summed E-state index contributed by atoms with van der Waals surface area (Å²) < 4.78 is 0. The second-order valence-electron chi connectivity index (χ2n) is 5.09. The molecule has 0 N–H and O–H groups in total. The molecule has 1 aliphatic carbocycles. The van der Waals surface area contributed by atoms with E-state index < -0.39 is 4.92 Å². The van der Waals surface area contributed by atoms with Crippen LogP contribution >= 0.6 is 0 Å². The number of hydrogen-bond donors (Lipinski definition) is 0. The smallest absolute Gasteiger partial charge is 0.270 e. The van der Waals surface area contributed by atoms with Gasteiger partial charge < -0.3 is 0 Å². The van der Waals surface area contributed by atoms with Crippen LogP contribution in [0.2, 0.25) is 0 Å². The van der Waals surface area contributed by atoms with Gasteiger partial charge in [0.25, 0.3) is 5.69 Å². The zero-order valence-corrected chi connectivity index (χ0v) is 11.5. The lowest BCUT2D eigenvalue weighted by atomic mass is 9.96. The fourth-order valence-electron chi connectivity index (χ4n) is 2.49. The number of aryl methyl sites for hydroxylation is 2. The molecular formula is C15H13N3O3. The highest BCUT2D eigenvalue weighted by Crippen LogP contribution is 2.27. The van der Waals surface area contributed by atoms with Crippen LogP contribution in [0.25, 0.3) is 11.4 Å². The first-order valence-corrected chi connectivity index (χ1v) is 6.71. The van der Waals surface area contributed by atoms with Crippen molar-refractivity contribution in [1.29, 1.82) is 0 Å². The van der Waals surface area contributed by atoms with E-state index in [9.17, 15) is 14.9 Å². The Kier molecular flexibility index (Phi) is 3.21. The predicted octanol–water partition coefficient (Wildman–Crippen LogP) is 2.88. The second-order valence-corrected chi connectivity index (χ2v) is 5.09. The van der Waals surface area contributed by atoms with Crippen molar-refractivity contribution >= 4 is 11.5 Å². The summed E-state index contributed by atoms with van der Waals surface area (Å²) in [5.41, 5.74) is 2.82. The molecule has 1 aromatic carbocycles. The molecule has 2 aromatic rings. The van der Waals surface area contributed by atoms with Crippen molar-refractivity contribution in [2.75, 3.05) is 0 Å². The van der Waals surface area contributed by atoms with Gasteiger partial charge in [-0.25, -0.2) is 9.97 Å². The second kappa shape index (κ2) is 5.05. The SMILES string of the molecule is Cc1ccc([N+](=O)[O-])cc1-c1ncc2c(n1)CCCC2=O. The third-order valence-corrected chi connectivity index (χ3v) is 3.66. The van der Waals surface area contributed by atoms with Crippen LogP contribution in [0.15, 0.2) is 24.4 Å². The molecule has 1 aromatic heterocycles. The summed E-state index contributed by atoms with van der Waals surface area (Å²) in [6.45, 7) is 1.85. The Morgan fingerprint density at radius 2 is 2.05 bits per heavy atom. The number of Topliss-reactive ketones (excluding diaryl/α,β-unsaturated/α-hetero) is 1. The van der Waals surface area contributed by atoms with E-state index in [1.807, 2.05) is 6.92 Å². The molecule has 0 bridgehead atoms. The fraction of sp³-hybridized carbons (Fsp3) is 0.267. The summed E-state index contributed by atoms with van der Waals surface area (Å²) in [4.78, 5) is 30.9. The lowest BCUT2D eigenvalue weighted by molar-refractivity contribution is -0.384. The highest BCUT2D eigenvalue weighted by atomic mass is 16.6. The quantitative estimate of drug-likeness (QED) is 0.624. The zero-order chi connectivity index (χ0) is 15.0. The predicted molar refractivity (Wildman–Crippen MR) is 76.1 cm³/mol. The maximum atomic E-state index is 11.8. The van der Waals surface area contributed by atoms with E-state index in [1.54, 1.807) is 6.07 Å². The van der Waals surface area contributed by atoms with Gasteiger partial charge >= 0.3 is 0 Å². The first-order valence-electron chi connectivity index (χ1n) is 6.71. The molecule has 0 saturated heterocycles. The number of carbonyl (C=O) groups is 1. The van der Waals surface area contributed by atoms with Crippen LogP contribution in [0, 0.1) is 17.0 Å². The maximum absolute atomic E-state index is 11.8. The van der Waals surface area contributed by atoms with E-state index in [4.69, 9.17) is 0 Å². The molecular weight excluding hydrogens is 270 g/mol. The molecule has 0 amide bonds. The highest BCUT2D eigenvalue weighted by molar-refractivity contribution is 5.97. The Morgan fingerprint density at radius 3 is 2.81 bits per heavy atom. The Bertz CT molecular complexity index is 756. The van der Waals surface area contributed by atoms with E-state index in [0.717, 1.165) is 24.1 Å². The van der Waals surface area contributed by atoms with E-state index >= 15 is 0 Å². The monoisotopic (exact) mass is 283 g/mol. The molecule has 0 radical (unpaired) electrons. The molecule has 21 heavy (non-hydrogen) atoms. The normalized spacial score (nSPS) is 13.9. The number of non-ortho nitro benzene ring substituents is 1. The number of nitrogens with zero attached hydrogens (tertiary/aromatic N) is 3. The molecule has 0 aliphatic heterocycles. The molecule has 0 saturated carbocycles. The van der Waals surface area contributed by atoms with Gasteiger partial charge in [-0.05, 0) is 25.3 Å². The Hall–Kier alpha value is -2.63. The van der Waals surface area contributed by atoms with E-state index in [0.29, 0.717) is 23.4 Å². The van der Waals surface area contributed by atoms with Gasteiger partial charge in [0.1, 0.15) is 0 Å². The minimum Gasteiger partial charge on any atom is -0.294 e. The third kappa shape index (κ3) is 2.40. The molecule has 3 rings (SSSR count). The first kappa shape index (κ1) is 13.4. The van der Waals surface area contributed by atoms with Gasteiger partial charge in [0.15, 0.2) is 11.6 Å². The standard InChI is InChI=1S/C15H13N3O3/c1-9-5-6-10(18(20)21)7-11(9)15-16-8-12-13(17-15)3-2-4-14(12)19/h5-8H,2-4H2,1H3. The lowest BCUT2D eigenvalue weighted by Crippen LogP contribution is -2.14.